The fraction of sp³-hybridized carbons (Fsp3) is 0.750. The van der Waals surface area contributed by atoms with E-state index in [1.165, 1.54) is 12.8 Å². The minimum Gasteiger partial charge on any atom is -0.490 e. The molecule has 11 nitrogen and oxygen atoms in total. The molecule has 2 saturated carbocycles. The topological polar surface area (TPSA) is 132 Å². The van der Waals surface area contributed by atoms with Crippen LogP contribution in [0.25, 0.3) is 0 Å². The molecular weight excluding hydrogens is 598 g/mol. The molecule has 0 unspecified atom stereocenters. The van der Waals surface area contributed by atoms with Crippen molar-refractivity contribution in [2.75, 3.05) is 38.7 Å². The smallest absolute Gasteiger partial charge is 0.319 e. The van der Waals surface area contributed by atoms with Crippen molar-refractivity contribution in [1.29, 1.82) is 0 Å². The Labute approximate surface area is 281 Å². The Hall–Kier alpha value is -3.05. The molecule has 11 heteroatoms. The van der Waals surface area contributed by atoms with Gasteiger partial charge in [-0.3, -0.25) is 4.79 Å². The molecular formula is C36H59N5O6. The van der Waals surface area contributed by atoms with E-state index in [9.17, 15) is 19.5 Å². The van der Waals surface area contributed by atoms with Crippen molar-refractivity contribution in [3.63, 3.8) is 0 Å². The number of rotatable bonds is 7. The third-order valence-electron chi connectivity index (χ3n) is 9.98. The number of hydrogen-bond donors (Lipinski definition) is 4. The van der Waals surface area contributed by atoms with Crippen molar-refractivity contribution in [2.24, 2.45) is 5.92 Å². The summed E-state index contributed by atoms with van der Waals surface area (Å²) >= 11 is 0. The lowest BCUT2D eigenvalue weighted by Crippen LogP contribution is -2.50. The van der Waals surface area contributed by atoms with Crippen LogP contribution in [-0.2, 0) is 4.74 Å². The summed E-state index contributed by atoms with van der Waals surface area (Å²) in [4.78, 5) is 43.7. The number of carbonyl (C=O) groups excluding carboxylic acids is 3. The second kappa shape index (κ2) is 18.5. The number of anilines is 1. The molecule has 1 aromatic rings. The number of urea groups is 2. The van der Waals surface area contributed by atoms with Gasteiger partial charge in [0.2, 0.25) is 0 Å². The van der Waals surface area contributed by atoms with Gasteiger partial charge in [0.15, 0.2) is 0 Å². The number of amides is 5. The van der Waals surface area contributed by atoms with E-state index in [1.54, 1.807) is 35.0 Å². The predicted octanol–water partition coefficient (Wildman–Crippen LogP) is 5.91. The number of aliphatic hydroxyl groups is 1. The Morgan fingerprint density at radius 1 is 0.957 bits per heavy atom. The van der Waals surface area contributed by atoms with Crippen LogP contribution in [-0.4, -0.2) is 96.6 Å². The molecule has 0 bridgehead atoms. The second-order valence-corrected chi connectivity index (χ2v) is 14.1. The molecule has 4 N–H and O–H groups in total. The molecule has 0 saturated heterocycles. The largest absolute Gasteiger partial charge is 0.490 e. The van der Waals surface area contributed by atoms with E-state index in [0.717, 1.165) is 70.6 Å². The van der Waals surface area contributed by atoms with Crippen molar-refractivity contribution >= 4 is 23.7 Å². The minimum absolute atomic E-state index is 0.101. The van der Waals surface area contributed by atoms with Gasteiger partial charge >= 0.3 is 12.1 Å². The lowest BCUT2D eigenvalue weighted by Gasteiger charge is -2.36. The first-order chi connectivity index (χ1) is 22.6. The van der Waals surface area contributed by atoms with E-state index in [2.05, 4.69) is 16.0 Å². The van der Waals surface area contributed by atoms with Crippen LogP contribution >= 0.6 is 0 Å². The summed E-state index contributed by atoms with van der Waals surface area (Å²) in [5.74, 6) is 0.00958. The highest BCUT2D eigenvalue weighted by atomic mass is 16.5. The van der Waals surface area contributed by atoms with Crippen molar-refractivity contribution < 1.29 is 29.0 Å². The molecule has 47 heavy (non-hydrogen) atoms. The molecule has 1 aliphatic heterocycles. The van der Waals surface area contributed by atoms with Gasteiger partial charge in [0.1, 0.15) is 5.75 Å². The number of ether oxygens (including phenoxy) is 2. The van der Waals surface area contributed by atoms with Gasteiger partial charge in [0.25, 0.3) is 5.91 Å². The highest BCUT2D eigenvalue weighted by Gasteiger charge is 2.31. The number of fused-ring (bicyclic) bond motifs is 1. The van der Waals surface area contributed by atoms with Crippen molar-refractivity contribution in [3.05, 3.63) is 23.8 Å². The summed E-state index contributed by atoms with van der Waals surface area (Å²) in [5.41, 5.74) is 0.831. The SMILES string of the molecule is C[C@H]1CCCCO[C@H](CN(C)C(=O)NC2CCCCC2)[C@@H](C)CN([C@@H](C)CO)C(=O)c2cc(NC(=O)NC3CCCCC3)ccc2O1. The summed E-state index contributed by atoms with van der Waals surface area (Å²) in [5, 5.41) is 19.4. The molecule has 1 aromatic carbocycles. The average molecular weight is 658 g/mol. The van der Waals surface area contributed by atoms with Crippen LogP contribution in [0.2, 0.25) is 0 Å². The van der Waals surface area contributed by atoms with E-state index in [1.807, 2.05) is 20.8 Å². The van der Waals surface area contributed by atoms with Crippen LogP contribution in [0.5, 0.6) is 5.75 Å². The molecule has 1 heterocycles. The third kappa shape index (κ3) is 11.3. The Morgan fingerprint density at radius 3 is 2.26 bits per heavy atom. The van der Waals surface area contributed by atoms with Crippen molar-refractivity contribution in [1.82, 2.24) is 20.4 Å². The van der Waals surface area contributed by atoms with Crippen LogP contribution in [0.3, 0.4) is 0 Å². The molecule has 264 valence electrons. The number of likely N-dealkylation sites (N-methyl/N-ethyl adjacent to an activating group) is 1. The number of nitrogens with one attached hydrogen (secondary N) is 3. The zero-order chi connectivity index (χ0) is 33.8. The van der Waals surface area contributed by atoms with Gasteiger partial charge in [-0.05, 0) is 77.0 Å². The van der Waals surface area contributed by atoms with Gasteiger partial charge in [-0.1, -0.05) is 45.4 Å². The quantitative estimate of drug-likeness (QED) is 0.288. The van der Waals surface area contributed by atoms with Crippen LogP contribution in [0.4, 0.5) is 15.3 Å². The van der Waals surface area contributed by atoms with E-state index in [0.29, 0.717) is 36.7 Å². The fourth-order valence-electron chi connectivity index (χ4n) is 6.95. The maximum Gasteiger partial charge on any atom is 0.319 e. The van der Waals surface area contributed by atoms with Gasteiger partial charge in [0.05, 0.1) is 30.4 Å². The summed E-state index contributed by atoms with van der Waals surface area (Å²) in [6.45, 7) is 6.84. The fourth-order valence-corrected chi connectivity index (χ4v) is 6.95. The standard InChI is InChI=1S/C36H59N5O6/c1-25-22-41(26(2)24-42)34(43)31-21-30(38-35(44)37-28-14-7-5-8-15-28)18-19-32(31)47-27(3)13-11-12-20-46-33(25)23-40(4)36(45)39-29-16-9-6-10-17-29/h18-19,21,25-29,33,42H,5-17,20,22-24H2,1-4H3,(H,39,45)(H2,37,38,44)/t25-,26-,27-,33+/m0/s1. The molecule has 5 amide bonds. The summed E-state index contributed by atoms with van der Waals surface area (Å²) < 4.78 is 12.7. The van der Waals surface area contributed by atoms with Crippen LogP contribution in [0.1, 0.15) is 115 Å². The van der Waals surface area contributed by atoms with E-state index in [-0.39, 0.29) is 54.8 Å². The summed E-state index contributed by atoms with van der Waals surface area (Å²) in [6.07, 6.45) is 12.9. The van der Waals surface area contributed by atoms with Gasteiger partial charge in [-0.25, -0.2) is 9.59 Å². The third-order valence-corrected chi connectivity index (χ3v) is 9.98. The first-order valence-electron chi connectivity index (χ1n) is 18.1. The van der Waals surface area contributed by atoms with Gasteiger partial charge in [0, 0.05) is 50.4 Å². The van der Waals surface area contributed by atoms with E-state index < -0.39 is 6.04 Å². The molecule has 0 radical (unpaired) electrons. The lowest BCUT2D eigenvalue weighted by atomic mass is 9.96. The number of hydrogen-bond acceptors (Lipinski definition) is 6. The van der Waals surface area contributed by atoms with E-state index in [4.69, 9.17) is 9.47 Å². The highest BCUT2D eigenvalue weighted by molar-refractivity contribution is 5.99. The second-order valence-electron chi connectivity index (χ2n) is 14.1. The number of benzene rings is 1. The predicted molar refractivity (Wildman–Crippen MR) is 184 cm³/mol. The summed E-state index contributed by atoms with van der Waals surface area (Å²) in [6, 6.07) is 4.69. The Morgan fingerprint density at radius 2 is 1.60 bits per heavy atom. The molecule has 2 fully saturated rings. The minimum atomic E-state index is -0.484. The number of nitrogens with zero attached hydrogens (tertiary/aromatic N) is 2. The molecule has 3 aliphatic rings. The monoisotopic (exact) mass is 657 g/mol. The first-order valence-corrected chi connectivity index (χ1v) is 18.1. The first kappa shape index (κ1) is 36.8. The normalized spacial score (nSPS) is 24.7. The molecule has 4 rings (SSSR count). The summed E-state index contributed by atoms with van der Waals surface area (Å²) in [7, 11) is 1.80. The van der Waals surface area contributed by atoms with Crippen molar-refractivity contribution in [2.45, 2.75) is 135 Å². The van der Waals surface area contributed by atoms with Crippen LogP contribution in [0.15, 0.2) is 18.2 Å². The molecule has 0 aromatic heterocycles. The van der Waals surface area contributed by atoms with Gasteiger partial charge in [-0.2, -0.15) is 0 Å². The lowest BCUT2D eigenvalue weighted by molar-refractivity contribution is -0.0123. The number of aliphatic hydroxyl groups excluding tert-OH is 1. The molecule has 2 aliphatic carbocycles. The molecule has 0 spiro atoms. The Balaban J connectivity index is 1.54. The van der Waals surface area contributed by atoms with Crippen molar-refractivity contribution in [3.8, 4) is 5.75 Å². The van der Waals surface area contributed by atoms with Crippen LogP contribution < -0.4 is 20.7 Å². The zero-order valence-electron chi connectivity index (χ0n) is 29.1. The molecule has 4 atom stereocenters. The zero-order valence-corrected chi connectivity index (χ0v) is 29.1. The highest BCUT2D eigenvalue weighted by Crippen LogP contribution is 2.29. The average Bonchev–Trinajstić information content (AvgIpc) is 3.06. The van der Waals surface area contributed by atoms with Crippen LogP contribution in [0, 0.1) is 5.92 Å². The van der Waals surface area contributed by atoms with Gasteiger partial charge in [-0.15, -0.1) is 0 Å². The Kier molecular flexibility index (Phi) is 14.5. The maximum atomic E-state index is 14.4. The maximum absolute atomic E-state index is 14.4. The number of carbonyl (C=O) groups is 3. The van der Waals surface area contributed by atoms with Gasteiger partial charge < -0.3 is 40.3 Å². The van der Waals surface area contributed by atoms with E-state index >= 15 is 0 Å². The Bertz CT molecular complexity index is 1150.